The van der Waals surface area contributed by atoms with Gasteiger partial charge in [-0.2, -0.15) is 13.2 Å². The van der Waals surface area contributed by atoms with E-state index in [-0.39, 0.29) is 19.0 Å². The zero-order valence-corrected chi connectivity index (χ0v) is 15.1. The van der Waals surface area contributed by atoms with Crippen LogP contribution in [0.1, 0.15) is 16.7 Å². The molecule has 3 aromatic rings. The summed E-state index contributed by atoms with van der Waals surface area (Å²) in [6.45, 7) is 0.399. The number of nitrogens with zero attached hydrogens (tertiary/aromatic N) is 1. The summed E-state index contributed by atoms with van der Waals surface area (Å²) >= 11 is 0. The molecular weight excluding hydrogens is 377 g/mol. The van der Waals surface area contributed by atoms with E-state index in [1.54, 1.807) is 18.2 Å². The van der Waals surface area contributed by atoms with Gasteiger partial charge in [-0.25, -0.2) is 4.98 Å². The van der Waals surface area contributed by atoms with Gasteiger partial charge in [0.05, 0.1) is 5.56 Å². The number of alkyl halides is 3. The van der Waals surface area contributed by atoms with Gasteiger partial charge in [-0.3, -0.25) is 0 Å². The van der Waals surface area contributed by atoms with Gasteiger partial charge >= 0.3 is 6.18 Å². The molecule has 27 heavy (non-hydrogen) atoms. The second-order valence-corrected chi connectivity index (χ2v) is 5.78. The number of hydrogen-bond donors (Lipinski definition) is 1. The third-order valence-corrected chi connectivity index (χ3v) is 3.86. The minimum Gasteiger partial charge on any atom is -0.473 e. The number of nitrogens with two attached hydrogens (primary N) is 1. The van der Waals surface area contributed by atoms with Gasteiger partial charge in [0.2, 0.25) is 5.88 Å². The Kier molecular flexibility index (Phi) is 6.82. The summed E-state index contributed by atoms with van der Waals surface area (Å²) in [6, 6.07) is 16.7. The predicted octanol–water partition coefficient (Wildman–Crippen LogP) is 5.23. The molecule has 0 atom stereocenters. The highest BCUT2D eigenvalue weighted by molar-refractivity contribution is 5.85. The number of hydrogen-bond acceptors (Lipinski definition) is 3. The quantitative estimate of drug-likeness (QED) is 0.644. The van der Waals surface area contributed by atoms with Crippen molar-refractivity contribution in [1.29, 1.82) is 0 Å². The third-order valence-electron chi connectivity index (χ3n) is 3.86. The molecule has 0 bridgehead atoms. The molecule has 2 aromatic carbocycles. The first-order valence-electron chi connectivity index (χ1n) is 8.00. The zero-order valence-electron chi connectivity index (χ0n) is 14.2. The first kappa shape index (κ1) is 20.7. The molecule has 0 saturated carbocycles. The fourth-order valence-electron chi connectivity index (χ4n) is 2.51. The van der Waals surface area contributed by atoms with E-state index in [2.05, 4.69) is 4.98 Å². The minimum absolute atomic E-state index is 0. The minimum atomic E-state index is -4.42. The summed E-state index contributed by atoms with van der Waals surface area (Å²) < 4.78 is 44.7. The Bertz CT molecular complexity index is 869. The van der Waals surface area contributed by atoms with Crippen LogP contribution in [0.15, 0.2) is 66.9 Å². The summed E-state index contributed by atoms with van der Waals surface area (Å²) in [7, 11) is 0. The summed E-state index contributed by atoms with van der Waals surface area (Å²) in [6.07, 6.45) is -2.93. The van der Waals surface area contributed by atoms with Crippen LogP contribution in [0.25, 0.3) is 11.1 Å². The molecule has 0 saturated heterocycles. The monoisotopic (exact) mass is 394 g/mol. The van der Waals surface area contributed by atoms with Crippen LogP contribution in [0.5, 0.6) is 5.88 Å². The van der Waals surface area contributed by atoms with E-state index < -0.39 is 11.7 Å². The van der Waals surface area contributed by atoms with E-state index in [0.717, 1.165) is 17.7 Å². The lowest BCUT2D eigenvalue weighted by Crippen LogP contribution is -2.07. The van der Waals surface area contributed by atoms with E-state index in [0.29, 0.717) is 29.2 Å². The Balaban J connectivity index is 0.00000261. The second-order valence-electron chi connectivity index (χ2n) is 5.78. The van der Waals surface area contributed by atoms with Crippen molar-refractivity contribution in [3.63, 3.8) is 0 Å². The lowest BCUT2D eigenvalue weighted by atomic mass is 10.0. The molecule has 0 fully saturated rings. The fourth-order valence-corrected chi connectivity index (χ4v) is 2.51. The normalized spacial score (nSPS) is 11.0. The topological polar surface area (TPSA) is 48.1 Å². The van der Waals surface area contributed by atoms with E-state index in [1.165, 1.54) is 6.20 Å². The Morgan fingerprint density at radius 1 is 0.889 bits per heavy atom. The van der Waals surface area contributed by atoms with Gasteiger partial charge in [-0.1, -0.05) is 30.3 Å². The number of pyridine rings is 1. The lowest BCUT2D eigenvalue weighted by molar-refractivity contribution is -0.137. The van der Waals surface area contributed by atoms with E-state index >= 15 is 0 Å². The smallest absolute Gasteiger partial charge is 0.416 e. The van der Waals surface area contributed by atoms with Gasteiger partial charge in [-0.15, -0.1) is 12.4 Å². The predicted molar refractivity (Wildman–Crippen MR) is 101 cm³/mol. The van der Waals surface area contributed by atoms with Crippen molar-refractivity contribution in [3.05, 3.63) is 83.6 Å². The average molecular weight is 395 g/mol. The van der Waals surface area contributed by atoms with Crippen molar-refractivity contribution < 1.29 is 17.9 Å². The Hall–Kier alpha value is -2.57. The first-order valence-corrected chi connectivity index (χ1v) is 8.00. The van der Waals surface area contributed by atoms with Gasteiger partial charge in [-0.05, 0) is 41.0 Å². The fraction of sp³-hybridized carbons (Fsp3) is 0.150. The summed E-state index contributed by atoms with van der Waals surface area (Å²) in [4.78, 5) is 4.18. The molecule has 3 nitrogen and oxygen atoms in total. The van der Waals surface area contributed by atoms with Crippen molar-refractivity contribution in [2.24, 2.45) is 5.73 Å². The number of halogens is 4. The second kappa shape index (κ2) is 8.88. The standard InChI is InChI=1S/C20H17F3N2O.ClH/c21-20(22,23)18-9-15(11-24)8-17(10-18)16-6-7-19(25-12-16)26-13-14-4-2-1-3-5-14;/h1-10,12H,11,13,24H2;1H. The van der Waals surface area contributed by atoms with Crippen molar-refractivity contribution in [3.8, 4) is 17.0 Å². The van der Waals surface area contributed by atoms with Gasteiger partial charge in [0, 0.05) is 24.4 Å². The summed E-state index contributed by atoms with van der Waals surface area (Å²) in [5, 5.41) is 0. The van der Waals surface area contributed by atoms with Crippen molar-refractivity contribution >= 4 is 12.4 Å². The van der Waals surface area contributed by atoms with Crippen LogP contribution in [0.4, 0.5) is 13.2 Å². The average Bonchev–Trinajstić information content (AvgIpc) is 2.66. The van der Waals surface area contributed by atoms with E-state index in [1.807, 2.05) is 30.3 Å². The van der Waals surface area contributed by atoms with Crippen LogP contribution in [0.2, 0.25) is 0 Å². The van der Waals surface area contributed by atoms with Crippen molar-refractivity contribution in [1.82, 2.24) is 4.98 Å². The maximum atomic E-state index is 13.0. The van der Waals surface area contributed by atoms with Crippen LogP contribution < -0.4 is 10.5 Å². The van der Waals surface area contributed by atoms with Crippen molar-refractivity contribution in [2.75, 3.05) is 0 Å². The molecule has 1 heterocycles. The first-order chi connectivity index (χ1) is 12.5. The number of ether oxygens (including phenoxy) is 1. The molecule has 0 aliphatic rings. The zero-order chi connectivity index (χ0) is 18.6. The largest absolute Gasteiger partial charge is 0.473 e. The molecule has 0 radical (unpaired) electrons. The molecule has 0 aliphatic heterocycles. The molecule has 2 N–H and O–H groups in total. The molecule has 0 amide bonds. The molecule has 3 rings (SSSR count). The van der Waals surface area contributed by atoms with Crippen LogP contribution in [-0.2, 0) is 19.3 Å². The van der Waals surface area contributed by atoms with Crippen LogP contribution in [-0.4, -0.2) is 4.98 Å². The highest BCUT2D eigenvalue weighted by Crippen LogP contribution is 2.33. The maximum absolute atomic E-state index is 13.0. The van der Waals surface area contributed by atoms with Gasteiger partial charge < -0.3 is 10.5 Å². The van der Waals surface area contributed by atoms with Crippen molar-refractivity contribution in [2.45, 2.75) is 19.3 Å². The Morgan fingerprint density at radius 2 is 1.63 bits per heavy atom. The molecule has 0 unspecified atom stereocenters. The molecule has 0 aliphatic carbocycles. The highest BCUT2D eigenvalue weighted by atomic mass is 35.5. The molecule has 0 spiro atoms. The van der Waals surface area contributed by atoms with Crippen LogP contribution in [0.3, 0.4) is 0 Å². The highest BCUT2D eigenvalue weighted by Gasteiger charge is 2.31. The Morgan fingerprint density at radius 3 is 2.22 bits per heavy atom. The van der Waals surface area contributed by atoms with Gasteiger partial charge in [0.15, 0.2) is 0 Å². The van der Waals surface area contributed by atoms with Crippen LogP contribution >= 0.6 is 12.4 Å². The van der Waals surface area contributed by atoms with Gasteiger partial charge in [0.25, 0.3) is 0 Å². The molecule has 1 aromatic heterocycles. The summed E-state index contributed by atoms with van der Waals surface area (Å²) in [5.41, 5.74) is 7.21. The van der Waals surface area contributed by atoms with E-state index in [9.17, 15) is 13.2 Å². The molecule has 142 valence electrons. The van der Waals surface area contributed by atoms with Crippen LogP contribution in [0, 0.1) is 0 Å². The molecule has 7 heteroatoms. The Labute approximate surface area is 161 Å². The number of rotatable bonds is 5. The van der Waals surface area contributed by atoms with Gasteiger partial charge in [0.1, 0.15) is 6.61 Å². The summed E-state index contributed by atoms with van der Waals surface area (Å²) in [5.74, 6) is 0.406. The van der Waals surface area contributed by atoms with E-state index in [4.69, 9.17) is 10.5 Å². The number of aromatic nitrogens is 1. The lowest BCUT2D eigenvalue weighted by Gasteiger charge is -2.12. The SMILES string of the molecule is Cl.NCc1cc(-c2ccc(OCc3ccccc3)nc2)cc(C(F)(F)F)c1. The molecular formula is C20H18ClF3N2O. The number of benzene rings is 2. The maximum Gasteiger partial charge on any atom is 0.416 e. The third kappa shape index (κ3) is 5.45.